The molecular formula is C25H34N2. The van der Waals surface area contributed by atoms with Gasteiger partial charge in [0.05, 0.1) is 6.04 Å². The largest absolute Gasteiger partial charge is 0.329 e. The Morgan fingerprint density at radius 2 is 1.44 bits per heavy atom. The molecule has 2 nitrogen and oxygen atoms in total. The molecule has 0 saturated heterocycles. The Morgan fingerprint density at radius 3 is 1.93 bits per heavy atom. The molecule has 0 unspecified atom stereocenters. The first-order chi connectivity index (χ1) is 13.1. The average Bonchev–Trinajstić information content (AvgIpc) is 2.68. The van der Waals surface area contributed by atoms with E-state index < -0.39 is 0 Å². The third-order valence-corrected chi connectivity index (χ3v) is 4.78. The van der Waals surface area contributed by atoms with Gasteiger partial charge < -0.3 is 5.73 Å². The van der Waals surface area contributed by atoms with Crippen molar-refractivity contribution in [3.05, 3.63) is 95.1 Å². The molecule has 0 aliphatic rings. The highest BCUT2D eigenvalue weighted by Crippen LogP contribution is 2.28. The molecule has 2 aromatic rings. The molecule has 2 heteroatoms. The fourth-order valence-corrected chi connectivity index (χ4v) is 3.34. The van der Waals surface area contributed by atoms with Gasteiger partial charge in [0.1, 0.15) is 0 Å². The van der Waals surface area contributed by atoms with Crippen molar-refractivity contribution in [1.82, 2.24) is 4.90 Å². The van der Waals surface area contributed by atoms with Gasteiger partial charge in [-0.3, -0.25) is 4.90 Å². The van der Waals surface area contributed by atoms with Crippen LogP contribution in [-0.4, -0.2) is 24.5 Å². The summed E-state index contributed by atoms with van der Waals surface area (Å²) in [4.78, 5) is 2.48. The van der Waals surface area contributed by atoms with Gasteiger partial charge in [0.15, 0.2) is 0 Å². The molecule has 2 N–H and O–H groups in total. The number of hydrogen-bond acceptors (Lipinski definition) is 2. The van der Waals surface area contributed by atoms with Gasteiger partial charge in [-0.1, -0.05) is 84.0 Å². The van der Waals surface area contributed by atoms with E-state index in [9.17, 15) is 0 Å². The Balaban J connectivity index is 2.22. The van der Waals surface area contributed by atoms with Crippen LogP contribution >= 0.6 is 0 Å². The lowest BCUT2D eigenvalue weighted by Crippen LogP contribution is -2.34. The fraction of sp³-hybridized carbons (Fsp3) is 0.360. The van der Waals surface area contributed by atoms with Crippen LogP contribution in [0, 0.1) is 0 Å². The van der Waals surface area contributed by atoms with Gasteiger partial charge in [0.25, 0.3) is 0 Å². The quantitative estimate of drug-likeness (QED) is 0.547. The summed E-state index contributed by atoms with van der Waals surface area (Å²) in [7, 11) is 0. The van der Waals surface area contributed by atoms with E-state index in [1.165, 1.54) is 22.3 Å². The van der Waals surface area contributed by atoms with Crippen LogP contribution in [0.3, 0.4) is 0 Å². The van der Waals surface area contributed by atoms with Crippen molar-refractivity contribution in [2.24, 2.45) is 5.73 Å². The molecule has 27 heavy (non-hydrogen) atoms. The minimum Gasteiger partial charge on any atom is -0.329 e. The molecule has 0 bridgehead atoms. The van der Waals surface area contributed by atoms with Crippen molar-refractivity contribution < 1.29 is 0 Å². The second-order valence-electron chi connectivity index (χ2n) is 7.38. The van der Waals surface area contributed by atoms with E-state index in [1.807, 2.05) is 0 Å². The van der Waals surface area contributed by atoms with Crippen LogP contribution < -0.4 is 5.73 Å². The number of rotatable bonds is 10. The minimum atomic E-state index is 0.220. The van der Waals surface area contributed by atoms with E-state index in [0.29, 0.717) is 6.54 Å². The second-order valence-corrected chi connectivity index (χ2v) is 7.38. The molecule has 0 atom stereocenters. The van der Waals surface area contributed by atoms with E-state index in [1.54, 1.807) is 0 Å². The summed E-state index contributed by atoms with van der Waals surface area (Å²) in [6, 6.07) is 21.7. The molecule has 0 saturated carbocycles. The van der Waals surface area contributed by atoms with E-state index >= 15 is 0 Å². The van der Waals surface area contributed by atoms with Crippen LogP contribution in [0.5, 0.6) is 0 Å². The van der Waals surface area contributed by atoms with Crippen LogP contribution in [0.1, 0.15) is 50.8 Å². The predicted molar refractivity (Wildman–Crippen MR) is 118 cm³/mol. The minimum absolute atomic E-state index is 0.220. The summed E-state index contributed by atoms with van der Waals surface area (Å²) >= 11 is 0. The highest BCUT2D eigenvalue weighted by molar-refractivity contribution is 5.32. The maximum absolute atomic E-state index is 5.97. The van der Waals surface area contributed by atoms with Crippen molar-refractivity contribution in [3.63, 3.8) is 0 Å². The van der Waals surface area contributed by atoms with Crippen LogP contribution in [0.15, 0.2) is 84.0 Å². The van der Waals surface area contributed by atoms with Crippen LogP contribution in [0.2, 0.25) is 0 Å². The number of hydrogen-bond donors (Lipinski definition) is 1. The molecule has 2 rings (SSSR count). The van der Waals surface area contributed by atoms with Gasteiger partial charge in [-0.2, -0.15) is 0 Å². The van der Waals surface area contributed by atoms with Gasteiger partial charge in [0, 0.05) is 19.6 Å². The lowest BCUT2D eigenvalue weighted by atomic mass is 9.96. The lowest BCUT2D eigenvalue weighted by Gasteiger charge is -2.31. The van der Waals surface area contributed by atoms with Crippen LogP contribution in [-0.2, 0) is 0 Å². The molecular weight excluding hydrogens is 328 g/mol. The number of nitrogens with two attached hydrogens (primary N) is 1. The summed E-state index contributed by atoms with van der Waals surface area (Å²) in [5.74, 6) is 0. The van der Waals surface area contributed by atoms with Crippen LogP contribution in [0.25, 0.3) is 0 Å². The van der Waals surface area contributed by atoms with Crippen molar-refractivity contribution in [2.75, 3.05) is 19.6 Å². The molecule has 0 aliphatic heterocycles. The first kappa shape index (κ1) is 21.1. The summed E-state index contributed by atoms with van der Waals surface area (Å²) in [5, 5.41) is 0. The molecule has 0 amide bonds. The SMILES string of the molecule is CC(C)=CCCC(C)=CCN(CCN)C(c1ccccc1)c1ccccc1. The van der Waals surface area contributed by atoms with Gasteiger partial charge in [-0.15, -0.1) is 0 Å². The third-order valence-electron chi connectivity index (χ3n) is 4.78. The molecule has 0 fully saturated rings. The van der Waals surface area contributed by atoms with Gasteiger partial charge >= 0.3 is 0 Å². The second kappa shape index (κ2) is 11.5. The standard InChI is InChI=1S/C25H34N2/c1-21(2)11-10-12-22(3)17-19-27(20-18-26)25(23-13-6-4-7-14-23)24-15-8-5-9-16-24/h4-9,11,13-17,25H,10,12,18-20,26H2,1-3H3. The number of benzene rings is 2. The maximum atomic E-state index is 5.97. The summed E-state index contributed by atoms with van der Waals surface area (Å²) in [6.07, 6.45) is 6.91. The molecule has 0 spiro atoms. The zero-order valence-corrected chi connectivity index (χ0v) is 17.1. The van der Waals surface area contributed by atoms with Crippen molar-refractivity contribution >= 4 is 0 Å². The van der Waals surface area contributed by atoms with Gasteiger partial charge in [0.2, 0.25) is 0 Å². The maximum Gasteiger partial charge on any atom is 0.0604 e. The molecule has 0 radical (unpaired) electrons. The van der Waals surface area contributed by atoms with E-state index in [-0.39, 0.29) is 6.04 Å². The lowest BCUT2D eigenvalue weighted by molar-refractivity contribution is 0.256. The Labute approximate surface area is 165 Å². The molecule has 2 aromatic carbocycles. The van der Waals surface area contributed by atoms with E-state index in [0.717, 1.165) is 25.9 Å². The van der Waals surface area contributed by atoms with Crippen molar-refractivity contribution in [2.45, 2.75) is 39.7 Å². The highest BCUT2D eigenvalue weighted by Gasteiger charge is 2.20. The van der Waals surface area contributed by atoms with E-state index in [2.05, 4.69) is 98.5 Å². The first-order valence-electron chi connectivity index (χ1n) is 9.95. The van der Waals surface area contributed by atoms with Crippen LogP contribution in [0.4, 0.5) is 0 Å². The summed E-state index contributed by atoms with van der Waals surface area (Å²) < 4.78 is 0. The Morgan fingerprint density at radius 1 is 0.889 bits per heavy atom. The third kappa shape index (κ3) is 7.16. The average molecular weight is 363 g/mol. The molecule has 0 aliphatic carbocycles. The van der Waals surface area contributed by atoms with Crippen molar-refractivity contribution in [3.8, 4) is 0 Å². The molecule has 144 valence electrons. The fourth-order valence-electron chi connectivity index (χ4n) is 3.34. The summed E-state index contributed by atoms with van der Waals surface area (Å²) in [6.45, 7) is 8.98. The van der Waals surface area contributed by atoms with E-state index in [4.69, 9.17) is 5.73 Å². The van der Waals surface area contributed by atoms with Gasteiger partial charge in [-0.05, 0) is 44.7 Å². The smallest absolute Gasteiger partial charge is 0.0604 e. The highest BCUT2D eigenvalue weighted by atomic mass is 15.2. The number of allylic oxidation sites excluding steroid dienone is 3. The Kier molecular flexibility index (Phi) is 9.03. The predicted octanol–water partition coefficient (Wildman–Crippen LogP) is 5.73. The first-order valence-corrected chi connectivity index (χ1v) is 9.95. The van der Waals surface area contributed by atoms with Crippen molar-refractivity contribution in [1.29, 1.82) is 0 Å². The zero-order chi connectivity index (χ0) is 19.5. The number of nitrogens with zero attached hydrogens (tertiary/aromatic N) is 1. The summed E-state index contributed by atoms with van der Waals surface area (Å²) in [5.41, 5.74) is 11.4. The normalized spacial score (nSPS) is 11.9. The molecule has 0 heterocycles. The Bertz CT molecular complexity index is 673. The molecule has 0 aromatic heterocycles. The van der Waals surface area contributed by atoms with Gasteiger partial charge in [-0.25, -0.2) is 0 Å². The zero-order valence-electron chi connectivity index (χ0n) is 17.1. The monoisotopic (exact) mass is 362 g/mol. The topological polar surface area (TPSA) is 29.3 Å². The Hall–Kier alpha value is -2.16.